The summed E-state index contributed by atoms with van der Waals surface area (Å²) in [5, 5.41) is 0. The highest BCUT2D eigenvalue weighted by atomic mass is 32.2. The molecule has 0 atom stereocenters. The molecule has 8 heavy (non-hydrogen) atoms. The molecule has 0 aliphatic rings. The molecule has 0 bridgehead atoms. The highest BCUT2D eigenvalue weighted by Crippen LogP contribution is 2.02. The Bertz CT molecular complexity index is 33.5. The number of unbranched alkanes of at least 4 members (excludes halogenated alkanes) is 1. The largest absolute Gasteiger partial charge is 0.374 e. The molecular formula is C6H14OS. The summed E-state index contributed by atoms with van der Waals surface area (Å²) in [4.78, 5) is 0. The smallest absolute Gasteiger partial charge is 0.0917 e. The predicted octanol–water partition coefficient (Wildman–Crippen LogP) is 2.12. The van der Waals surface area contributed by atoms with Gasteiger partial charge in [-0.25, -0.2) is 0 Å². The van der Waals surface area contributed by atoms with Crippen LogP contribution in [0.2, 0.25) is 0 Å². The Kier molecular flexibility index (Phi) is 7.59. The fraction of sp³-hybridized carbons (Fsp3) is 1.00. The van der Waals surface area contributed by atoms with Gasteiger partial charge < -0.3 is 4.74 Å². The first-order valence-electron chi connectivity index (χ1n) is 2.98. The van der Waals surface area contributed by atoms with Crippen molar-refractivity contribution in [3.63, 3.8) is 0 Å². The third kappa shape index (κ3) is 6.31. The molecule has 0 radical (unpaired) electrons. The summed E-state index contributed by atoms with van der Waals surface area (Å²) in [5.41, 5.74) is 0. The van der Waals surface area contributed by atoms with Crippen molar-refractivity contribution in [3.05, 3.63) is 0 Å². The summed E-state index contributed by atoms with van der Waals surface area (Å²) in [6, 6.07) is 0. The Labute approximate surface area is 55.8 Å². The van der Waals surface area contributed by atoms with E-state index < -0.39 is 0 Å². The van der Waals surface area contributed by atoms with E-state index in [0.29, 0.717) is 0 Å². The lowest BCUT2D eigenvalue weighted by atomic mass is 10.4. The molecule has 0 saturated carbocycles. The van der Waals surface area contributed by atoms with Crippen molar-refractivity contribution < 1.29 is 4.74 Å². The predicted molar refractivity (Wildman–Crippen MR) is 39.2 cm³/mol. The minimum absolute atomic E-state index is 0.847. The van der Waals surface area contributed by atoms with Gasteiger partial charge in [0.2, 0.25) is 0 Å². The standard InChI is InChI=1S/C6H14OS/c1-3-4-5-8-6-7-2/h3-6H2,1-2H3. The summed E-state index contributed by atoms with van der Waals surface area (Å²) in [6.07, 6.45) is 2.60. The van der Waals surface area contributed by atoms with Crippen molar-refractivity contribution in [2.24, 2.45) is 0 Å². The lowest BCUT2D eigenvalue weighted by Gasteiger charge is -1.95. The number of ether oxygens (including phenoxy) is 1. The summed E-state index contributed by atoms with van der Waals surface area (Å²) in [5.74, 6) is 2.09. The third-order valence-corrected chi connectivity index (χ3v) is 1.82. The number of methoxy groups -OCH3 is 1. The van der Waals surface area contributed by atoms with Crippen LogP contribution < -0.4 is 0 Å². The van der Waals surface area contributed by atoms with Gasteiger partial charge in [-0.1, -0.05) is 13.3 Å². The maximum atomic E-state index is 4.85. The molecule has 0 aliphatic heterocycles. The van der Waals surface area contributed by atoms with E-state index in [-0.39, 0.29) is 0 Å². The zero-order chi connectivity index (χ0) is 6.24. The zero-order valence-corrected chi connectivity index (χ0v) is 6.46. The number of rotatable bonds is 5. The van der Waals surface area contributed by atoms with Gasteiger partial charge in [0.25, 0.3) is 0 Å². The summed E-state index contributed by atoms with van der Waals surface area (Å²) >= 11 is 1.86. The van der Waals surface area contributed by atoms with Gasteiger partial charge in [-0.3, -0.25) is 0 Å². The number of hydrogen-bond acceptors (Lipinski definition) is 2. The van der Waals surface area contributed by atoms with Crippen LogP contribution in [0.3, 0.4) is 0 Å². The van der Waals surface area contributed by atoms with Crippen molar-refractivity contribution in [3.8, 4) is 0 Å². The minimum Gasteiger partial charge on any atom is -0.374 e. The van der Waals surface area contributed by atoms with Gasteiger partial charge in [0.05, 0.1) is 5.94 Å². The third-order valence-electron chi connectivity index (χ3n) is 0.843. The van der Waals surface area contributed by atoms with Gasteiger partial charge in [-0.05, 0) is 12.2 Å². The molecule has 0 aliphatic carbocycles. The van der Waals surface area contributed by atoms with Gasteiger partial charge in [-0.2, -0.15) is 0 Å². The molecule has 0 aromatic rings. The molecule has 0 spiro atoms. The molecule has 2 heteroatoms. The molecule has 0 aromatic carbocycles. The van der Waals surface area contributed by atoms with E-state index in [1.165, 1.54) is 18.6 Å². The first-order chi connectivity index (χ1) is 3.91. The topological polar surface area (TPSA) is 9.23 Å². The van der Waals surface area contributed by atoms with Crippen LogP contribution >= 0.6 is 11.8 Å². The van der Waals surface area contributed by atoms with Crippen molar-refractivity contribution in [2.45, 2.75) is 19.8 Å². The van der Waals surface area contributed by atoms with E-state index in [1.54, 1.807) is 7.11 Å². The molecule has 0 heterocycles. The second kappa shape index (κ2) is 7.31. The maximum Gasteiger partial charge on any atom is 0.0917 e. The first kappa shape index (κ1) is 8.31. The monoisotopic (exact) mass is 134 g/mol. The van der Waals surface area contributed by atoms with Crippen molar-refractivity contribution in [1.82, 2.24) is 0 Å². The van der Waals surface area contributed by atoms with Gasteiger partial charge in [-0.15, -0.1) is 11.8 Å². The Balaban J connectivity index is 2.53. The highest BCUT2D eigenvalue weighted by Gasteiger charge is 1.83. The molecule has 1 nitrogen and oxygen atoms in total. The summed E-state index contributed by atoms with van der Waals surface area (Å²) in [6.45, 7) is 2.20. The van der Waals surface area contributed by atoms with E-state index in [0.717, 1.165) is 5.94 Å². The van der Waals surface area contributed by atoms with Crippen LogP contribution in [0, 0.1) is 0 Å². The molecule has 0 saturated heterocycles. The normalized spacial score (nSPS) is 9.75. The Morgan fingerprint density at radius 1 is 1.50 bits per heavy atom. The lowest BCUT2D eigenvalue weighted by Crippen LogP contribution is -1.83. The van der Waals surface area contributed by atoms with Crippen molar-refractivity contribution >= 4 is 11.8 Å². The maximum absolute atomic E-state index is 4.85. The number of thioether (sulfide) groups is 1. The van der Waals surface area contributed by atoms with Crippen LogP contribution in [0.1, 0.15) is 19.8 Å². The molecule has 0 amide bonds. The Hall–Kier alpha value is 0.310. The van der Waals surface area contributed by atoms with Gasteiger partial charge in [0.1, 0.15) is 0 Å². The average Bonchev–Trinajstić information content (AvgIpc) is 1.81. The van der Waals surface area contributed by atoms with E-state index in [4.69, 9.17) is 4.74 Å². The van der Waals surface area contributed by atoms with E-state index in [2.05, 4.69) is 6.92 Å². The van der Waals surface area contributed by atoms with Crippen LogP contribution in [0.15, 0.2) is 0 Å². The lowest BCUT2D eigenvalue weighted by molar-refractivity contribution is 0.259. The average molecular weight is 134 g/mol. The van der Waals surface area contributed by atoms with Crippen LogP contribution in [0.4, 0.5) is 0 Å². The fourth-order valence-electron chi connectivity index (χ4n) is 0.389. The molecule has 0 rings (SSSR count). The molecule has 0 fully saturated rings. The van der Waals surface area contributed by atoms with Gasteiger partial charge in [0.15, 0.2) is 0 Å². The van der Waals surface area contributed by atoms with Crippen LogP contribution in [-0.4, -0.2) is 18.8 Å². The van der Waals surface area contributed by atoms with Crippen molar-refractivity contribution in [2.75, 3.05) is 18.8 Å². The summed E-state index contributed by atoms with van der Waals surface area (Å²) < 4.78 is 4.85. The molecule has 0 aromatic heterocycles. The van der Waals surface area contributed by atoms with E-state index in [9.17, 15) is 0 Å². The molecule has 50 valence electrons. The van der Waals surface area contributed by atoms with Gasteiger partial charge >= 0.3 is 0 Å². The fourth-order valence-corrected chi connectivity index (χ4v) is 1.17. The minimum atomic E-state index is 0.847. The molecule has 0 N–H and O–H groups in total. The van der Waals surface area contributed by atoms with Crippen molar-refractivity contribution in [1.29, 1.82) is 0 Å². The van der Waals surface area contributed by atoms with Crippen LogP contribution in [0.5, 0.6) is 0 Å². The molecule has 0 unspecified atom stereocenters. The Morgan fingerprint density at radius 3 is 2.75 bits per heavy atom. The van der Waals surface area contributed by atoms with Gasteiger partial charge in [0, 0.05) is 7.11 Å². The van der Waals surface area contributed by atoms with Crippen LogP contribution in [-0.2, 0) is 4.74 Å². The molecular weight excluding hydrogens is 120 g/mol. The SMILES string of the molecule is CCCCSCOC. The second-order valence-electron chi connectivity index (χ2n) is 1.67. The summed E-state index contributed by atoms with van der Waals surface area (Å²) in [7, 11) is 1.74. The first-order valence-corrected chi connectivity index (χ1v) is 4.14. The quantitative estimate of drug-likeness (QED) is 0.421. The number of hydrogen-bond donors (Lipinski definition) is 0. The second-order valence-corrected chi connectivity index (χ2v) is 2.72. The van der Waals surface area contributed by atoms with Crippen LogP contribution in [0.25, 0.3) is 0 Å². The highest BCUT2D eigenvalue weighted by molar-refractivity contribution is 7.99. The zero-order valence-electron chi connectivity index (χ0n) is 5.64. The van der Waals surface area contributed by atoms with E-state index >= 15 is 0 Å². The Morgan fingerprint density at radius 2 is 2.25 bits per heavy atom. The van der Waals surface area contributed by atoms with E-state index in [1.807, 2.05) is 11.8 Å².